The summed E-state index contributed by atoms with van der Waals surface area (Å²) in [5.41, 5.74) is 1.50. The van der Waals surface area contributed by atoms with Crippen LogP contribution in [0.15, 0.2) is 24.3 Å². The summed E-state index contributed by atoms with van der Waals surface area (Å²) in [6, 6.07) is 9.07. The summed E-state index contributed by atoms with van der Waals surface area (Å²) in [6.45, 7) is 5.51. The summed E-state index contributed by atoms with van der Waals surface area (Å²) < 4.78 is 6.11. The van der Waals surface area contributed by atoms with Gasteiger partial charge in [-0.1, -0.05) is 148 Å². The fourth-order valence-corrected chi connectivity index (χ4v) is 7.20. The van der Waals surface area contributed by atoms with E-state index in [1.54, 1.807) is 0 Å². The van der Waals surface area contributed by atoms with Crippen molar-refractivity contribution >= 4 is 0 Å². The van der Waals surface area contributed by atoms with E-state index in [-0.39, 0.29) is 0 Å². The van der Waals surface area contributed by atoms with Gasteiger partial charge in [-0.25, -0.2) is 0 Å². The third-order valence-electron chi connectivity index (χ3n) is 9.90. The van der Waals surface area contributed by atoms with Crippen LogP contribution < -0.4 is 4.74 Å². The van der Waals surface area contributed by atoms with Gasteiger partial charge < -0.3 is 4.74 Å². The molecule has 1 nitrogen and oxygen atoms in total. The summed E-state index contributed by atoms with van der Waals surface area (Å²) >= 11 is 0. The molecule has 1 heteroatoms. The lowest BCUT2D eigenvalue weighted by atomic mass is 9.78. The quantitative estimate of drug-likeness (QED) is 0.168. The van der Waals surface area contributed by atoms with Gasteiger partial charge in [-0.3, -0.25) is 0 Å². The van der Waals surface area contributed by atoms with Crippen LogP contribution in [0.1, 0.15) is 161 Å². The molecule has 0 aromatic heterocycles. The Morgan fingerprint density at radius 2 is 0.946 bits per heavy atom. The van der Waals surface area contributed by atoms with Gasteiger partial charge in [0.25, 0.3) is 0 Å². The van der Waals surface area contributed by atoms with Gasteiger partial charge in [0, 0.05) is 0 Å². The predicted octanol–water partition coefficient (Wildman–Crippen LogP) is 11.7. The van der Waals surface area contributed by atoms with Crippen molar-refractivity contribution in [2.24, 2.45) is 23.7 Å². The van der Waals surface area contributed by atoms with Gasteiger partial charge in [0.15, 0.2) is 0 Å². The smallest absolute Gasteiger partial charge is 0.119 e. The summed E-state index contributed by atoms with van der Waals surface area (Å²) in [7, 11) is 0. The second-order valence-electron chi connectivity index (χ2n) is 13.0. The Morgan fingerprint density at radius 3 is 1.46 bits per heavy atom. The first kappa shape index (κ1) is 30.6. The molecule has 0 N–H and O–H groups in total. The van der Waals surface area contributed by atoms with Crippen LogP contribution in [0.2, 0.25) is 0 Å². The van der Waals surface area contributed by atoms with Crippen LogP contribution >= 0.6 is 0 Å². The molecule has 0 atom stereocenters. The molecule has 0 saturated heterocycles. The molecular weight excluding hydrogens is 448 g/mol. The van der Waals surface area contributed by atoms with E-state index in [1.807, 2.05) is 0 Å². The minimum absolute atomic E-state index is 0.887. The standard InChI is InChI=1S/C36H62O/c1-3-5-7-9-11-14-32-20-22-34(23-21-32)24-25-35-26-28-36(29-27-35)37-30-12-15-33-18-16-31(17-19-33)13-10-8-6-4-2/h26-29,31-34H,3-25,30H2,1-2H3/t31-,32-,33-,34-. The highest BCUT2D eigenvalue weighted by Gasteiger charge is 2.21. The zero-order valence-electron chi connectivity index (χ0n) is 25.0. The number of benzene rings is 1. The van der Waals surface area contributed by atoms with Crippen LogP contribution in [0.5, 0.6) is 5.75 Å². The van der Waals surface area contributed by atoms with Gasteiger partial charge in [-0.15, -0.1) is 0 Å². The summed E-state index contributed by atoms with van der Waals surface area (Å²) in [4.78, 5) is 0. The van der Waals surface area contributed by atoms with Gasteiger partial charge in [0.05, 0.1) is 6.61 Å². The number of ether oxygens (including phenoxy) is 1. The molecule has 0 amide bonds. The van der Waals surface area contributed by atoms with E-state index in [4.69, 9.17) is 4.74 Å². The Bertz CT molecular complexity index is 648. The molecule has 0 spiro atoms. The molecule has 2 saturated carbocycles. The fourth-order valence-electron chi connectivity index (χ4n) is 7.20. The Labute approximate surface area is 231 Å². The molecular formula is C36H62O. The number of rotatable bonds is 19. The summed E-state index contributed by atoms with van der Waals surface area (Å²) in [6.07, 6.45) is 32.9. The molecule has 0 radical (unpaired) electrons. The predicted molar refractivity (Wildman–Crippen MR) is 163 cm³/mol. The summed E-state index contributed by atoms with van der Waals surface area (Å²) in [5.74, 6) is 5.05. The van der Waals surface area contributed by atoms with Crippen molar-refractivity contribution in [2.45, 2.75) is 162 Å². The monoisotopic (exact) mass is 510 g/mol. The zero-order valence-corrected chi connectivity index (χ0v) is 25.0. The second-order valence-corrected chi connectivity index (χ2v) is 13.0. The highest BCUT2D eigenvalue weighted by atomic mass is 16.5. The van der Waals surface area contributed by atoms with Crippen molar-refractivity contribution in [3.05, 3.63) is 29.8 Å². The lowest BCUT2D eigenvalue weighted by Gasteiger charge is -2.28. The molecule has 0 bridgehead atoms. The molecule has 212 valence electrons. The van der Waals surface area contributed by atoms with E-state index in [0.29, 0.717) is 0 Å². The first-order chi connectivity index (χ1) is 18.3. The average molecular weight is 511 g/mol. The Hall–Kier alpha value is -0.980. The van der Waals surface area contributed by atoms with Crippen LogP contribution in [0.25, 0.3) is 0 Å². The first-order valence-corrected chi connectivity index (χ1v) is 17.0. The maximum Gasteiger partial charge on any atom is 0.119 e. The zero-order chi connectivity index (χ0) is 26.0. The van der Waals surface area contributed by atoms with Gasteiger partial charge in [0.1, 0.15) is 5.75 Å². The second kappa shape index (κ2) is 19.1. The lowest BCUT2D eigenvalue weighted by Crippen LogP contribution is -2.15. The van der Waals surface area contributed by atoms with Gasteiger partial charge in [-0.05, 0) is 67.1 Å². The van der Waals surface area contributed by atoms with Crippen LogP contribution in [0.3, 0.4) is 0 Å². The molecule has 2 aliphatic carbocycles. The van der Waals surface area contributed by atoms with Crippen molar-refractivity contribution in [1.29, 1.82) is 0 Å². The Morgan fingerprint density at radius 1 is 0.514 bits per heavy atom. The minimum atomic E-state index is 0.887. The van der Waals surface area contributed by atoms with E-state index in [9.17, 15) is 0 Å². The largest absolute Gasteiger partial charge is 0.494 e. The maximum absolute atomic E-state index is 6.11. The van der Waals surface area contributed by atoms with Crippen molar-refractivity contribution < 1.29 is 4.74 Å². The number of hydrogen-bond acceptors (Lipinski definition) is 1. The fraction of sp³-hybridized carbons (Fsp3) is 0.833. The third kappa shape index (κ3) is 13.1. The van der Waals surface area contributed by atoms with Gasteiger partial charge in [-0.2, -0.15) is 0 Å². The van der Waals surface area contributed by atoms with Crippen molar-refractivity contribution in [1.82, 2.24) is 0 Å². The lowest BCUT2D eigenvalue weighted by molar-refractivity contribution is 0.228. The number of aryl methyl sites for hydroxylation is 1. The highest BCUT2D eigenvalue weighted by molar-refractivity contribution is 5.27. The van der Waals surface area contributed by atoms with E-state index in [0.717, 1.165) is 36.0 Å². The van der Waals surface area contributed by atoms with Crippen LogP contribution in [0, 0.1) is 23.7 Å². The molecule has 1 aromatic carbocycles. The third-order valence-corrected chi connectivity index (χ3v) is 9.90. The van der Waals surface area contributed by atoms with Crippen molar-refractivity contribution in [3.63, 3.8) is 0 Å². The average Bonchev–Trinajstić information content (AvgIpc) is 2.94. The molecule has 0 aliphatic heterocycles. The first-order valence-electron chi connectivity index (χ1n) is 17.0. The molecule has 2 fully saturated rings. The van der Waals surface area contributed by atoms with Crippen LogP contribution in [-0.2, 0) is 6.42 Å². The van der Waals surface area contributed by atoms with E-state index >= 15 is 0 Å². The summed E-state index contributed by atoms with van der Waals surface area (Å²) in [5, 5.41) is 0. The number of unbranched alkanes of at least 4 members (excludes halogenated alkanes) is 7. The molecule has 2 aliphatic rings. The van der Waals surface area contributed by atoms with E-state index < -0.39 is 0 Å². The van der Waals surface area contributed by atoms with Crippen LogP contribution in [0.4, 0.5) is 0 Å². The van der Waals surface area contributed by atoms with E-state index in [2.05, 4.69) is 38.1 Å². The number of hydrogen-bond donors (Lipinski definition) is 0. The van der Waals surface area contributed by atoms with E-state index in [1.165, 1.54) is 153 Å². The molecule has 1 aromatic rings. The topological polar surface area (TPSA) is 9.23 Å². The van der Waals surface area contributed by atoms with Crippen LogP contribution in [-0.4, -0.2) is 6.61 Å². The van der Waals surface area contributed by atoms with Crippen molar-refractivity contribution in [3.8, 4) is 5.75 Å². The van der Waals surface area contributed by atoms with Gasteiger partial charge >= 0.3 is 0 Å². The molecule has 3 rings (SSSR count). The SMILES string of the molecule is CCCCCCC[C@H]1CC[C@H](CCc2ccc(OCCC[C@H]3CC[C@H](CCCCCC)CC3)cc2)CC1. The minimum Gasteiger partial charge on any atom is -0.494 e. The molecule has 0 heterocycles. The van der Waals surface area contributed by atoms with Crippen molar-refractivity contribution in [2.75, 3.05) is 6.61 Å². The Balaban J connectivity index is 1.18. The molecule has 0 unspecified atom stereocenters. The maximum atomic E-state index is 6.11. The highest BCUT2D eigenvalue weighted by Crippen LogP contribution is 2.35. The van der Waals surface area contributed by atoms with Gasteiger partial charge in [0.2, 0.25) is 0 Å². The Kier molecular flexibility index (Phi) is 15.8. The normalized spacial score (nSPS) is 24.3. The molecule has 37 heavy (non-hydrogen) atoms.